The van der Waals surface area contributed by atoms with Gasteiger partial charge in [0.1, 0.15) is 18.0 Å². The van der Waals surface area contributed by atoms with E-state index in [0.29, 0.717) is 6.29 Å². The third-order valence-electron chi connectivity index (χ3n) is 1.91. The van der Waals surface area contributed by atoms with Gasteiger partial charge in [0.05, 0.1) is 0 Å². The maximum atomic E-state index is 10.7. The van der Waals surface area contributed by atoms with Crippen molar-refractivity contribution in [3.63, 3.8) is 0 Å². The summed E-state index contributed by atoms with van der Waals surface area (Å²) < 4.78 is 0. The first-order valence-corrected chi connectivity index (χ1v) is 4.13. The van der Waals surface area contributed by atoms with Crippen LogP contribution in [0.25, 0.3) is 0 Å². The number of rotatable bonds is 3. The Kier molecular flexibility index (Phi) is 3.22. The fourth-order valence-electron chi connectivity index (χ4n) is 1.15. The molecule has 0 aromatic carbocycles. The number of aldehydes is 1. The van der Waals surface area contributed by atoms with Crippen molar-refractivity contribution in [2.45, 2.75) is 12.5 Å². The molecule has 15 heavy (non-hydrogen) atoms. The van der Waals surface area contributed by atoms with Gasteiger partial charge in [0.15, 0.2) is 0 Å². The van der Waals surface area contributed by atoms with Crippen LogP contribution in [-0.2, 0) is 14.4 Å². The molecule has 1 aliphatic heterocycles. The number of carboxylic acids is 2. The van der Waals surface area contributed by atoms with Crippen LogP contribution in [0.4, 0.5) is 0 Å². The number of hydrogen-bond donors (Lipinski definition) is 3. The van der Waals surface area contributed by atoms with Gasteiger partial charge >= 0.3 is 11.9 Å². The van der Waals surface area contributed by atoms with Gasteiger partial charge < -0.3 is 15.5 Å². The molecular weight excluding hydrogens is 202 g/mol. The Morgan fingerprint density at radius 3 is 2.53 bits per heavy atom. The lowest BCUT2D eigenvalue weighted by Crippen LogP contribution is -2.37. The molecule has 0 saturated heterocycles. The van der Waals surface area contributed by atoms with E-state index < -0.39 is 18.0 Å². The summed E-state index contributed by atoms with van der Waals surface area (Å²) in [4.78, 5) is 31.8. The first-order valence-electron chi connectivity index (χ1n) is 4.13. The van der Waals surface area contributed by atoms with Gasteiger partial charge in [-0.1, -0.05) is 6.08 Å². The van der Waals surface area contributed by atoms with Crippen LogP contribution in [0.15, 0.2) is 23.4 Å². The Balaban J connectivity index is 2.99. The molecule has 0 aromatic rings. The van der Waals surface area contributed by atoms with E-state index in [9.17, 15) is 14.4 Å². The highest BCUT2D eigenvalue weighted by molar-refractivity contribution is 5.89. The minimum atomic E-state index is -1.26. The van der Waals surface area contributed by atoms with Gasteiger partial charge in [-0.3, -0.25) is 4.79 Å². The second-order valence-electron chi connectivity index (χ2n) is 2.98. The molecule has 3 N–H and O–H groups in total. The zero-order chi connectivity index (χ0) is 11.4. The second-order valence-corrected chi connectivity index (χ2v) is 2.98. The van der Waals surface area contributed by atoms with Crippen molar-refractivity contribution in [2.75, 3.05) is 0 Å². The van der Waals surface area contributed by atoms with E-state index >= 15 is 0 Å². The van der Waals surface area contributed by atoms with Crippen molar-refractivity contribution in [1.29, 1.82) is 0 Å². The summed E-state index contributed by atoms with van der Waals surface area (Å²) in [6.07, 6.45) is 2.95. The lowest BCUT2D eigenvalue weighted by Gasteiger charge is -2.13. The van der Waals surface area contributed by atoms with Crippen LogP contribution in [0.1, 0.15) is 6.42 Å². The molecule has 0 saturated carbocycles. The van der Waals surface area contributed by atoms with E-state index in [2.05, 4.69) is 5.32 Å². The zero-order valence-corrected chi connectivity index (χ0v) is 7.64. The van der Waals surface area contributed by atoms with E-state index in [1.165, 1.54) is 12.2 Å². The molecule has 80 valence electrons. The topological polar surface area (TPSA) is 104 Å². The molecule has 6 nitrogen and oxygen atoms in total. The average Bonchev–Trinajstić information content (AvgIpc) is 2.39. The molecule has 1 atom stereocenters. The van der Waals surface area contributed by atoms with Crippen molar-refractivity contribution in [1.82, 2.24) is 5.32 Å². The molecule has 0 fully saturated rings. The number of carbonyl (C=O) groups is 3. The van der Waals surface area contributed by atoms with Gasteiger partial charge in [0.25, 0.3) is 0 Å². The van der Waals surface area contributed by atoms with Crippen molar-refractivity contribution < 1.29 is 24.6 Å². The Morgan fingerprint density at radius 1 is 1.40 bits per heavy atom. The van der Waals surface area contributed by atoms with Crippen molar-refractivity contribution >= 4 is 18.2 Å². The number of hydrogen-bond acceptors (Lipinski definition) is 4. The quantitative estimate of drug-likeness (QED) is 0.545. The zero-order valence-electron chi connectivity index (χ0n) is 7.64. The number of carboxylic acid groups (broad SMARTS) is 2. The molecule has 1 aliphatic rings. The van der Waals surface area contributed by atoms with Crippen LogP contribution in [0, 0.1) is 0 Å². The fraction of sp³-hybridized carbons (Fsp3) is 0.222. The molecule has 1 rings (SSSR count). The lowest BCUT2D eigenvalue weighted by molar-refractivity contribution is -0.139. The lowest BCUT2D eigenvalue weighted by atomic mass is 10.1. The third kappa shape index (κ3) is 2.67. The highest BCUT2D eigenvalue weighted by Gasteiger charge is 2.23. The number of aliphatic carboxylic acids is 2. The highest BCUT2D eigenvalue weighted by Crippen LogP contribution is 2.10. The average molecular weight is 211 g/mol. The molecule has 0 aliphatic carbocycles. The van der Waals surface area contributed by atoms with Crippen LogP contribution >= 0.6 is 0 Å². The van der Waals surface area contributed by atoms with Gasteiger partial charge in [0, 0.05) is 6.42 Å². The monoisotopic (exact) mass is 211 g/mol. The summed E-state index contributed by atoms with van der Waals surface area (Å²) in [7, 11) is 0. The molecule has 0 aromatic heterocycles. The SMILES string of the molecule is O=CC1=CC=C(C(=O)O)NC(C(=O)O)C1. The van der Waals surface area contributed by atoms with Crippen LogP contribution < -0.4 is 5.32 Å². The summed E-state index contributed by atoms with van der Waals surface area (Å²) in [5.41, 5.74) is 0.00500. The van der Waals surface area contributed by atoms with E-state index in [1.54, 1.807) is 0 Å². The maximum absolute atomic E-state index is 10.7. The first kappa shape index (κ1) is 11.0. The van der Waals surface area contributed by atoms with Crippen LogP contribution in [0.3, 0.4) is 0 Å². The molecular formula is C9H9NO5. The summed E-state index contributed by atoms with van der Waals surface area (Å²) in [6, 6.07) is -1.09. The van der Waals surface area contributed by atoms with Gasteiger partial charge in [-0.25, -0.2) is 9.59 Å². The minimum Gasteiger partial charge on any atom is -0.480 e. The van der Waals surface area contributed by atoms with Crippen LogP contribution in [0.2, 0.25) is 0 Å². The Labute approximate surface area is 84.9 Å². The summed E-state index contributed by atoms with van der Waals surface area (Å²) in [6.45, 7) is 0. The Hall–Kier alpha value is -2.11. The second kappa shape index (κ2) is 4.41. The van der Waals surface area contributed by atoms with Crippen LogP contribution in [0.5, 0.6) is 0 Å². The highest BCUT2D eigenvalue weighted by atomic mass is 16.4. The molecule has 0 radical (unpaired) electrons. The summed E-state index contributed by atoms with van der Waals surface area (Å²) >= 11 is 0. The molecule has 6 heteroatoms. The standard InChI is InChI=1S/C9H9NO5/c11-4-5-1-2-6(8(12)13)10-7(3-5)9(14)15/h1-2,4,7,10H,3H2,(H,12,13)(H,14,15). The summed E-state index contributed by atoms with van der Waals surface area (Å²) in [5.74, 6) is -2.46. The van der Waals surface area contributed by atoms with Gasteiger partial charge in [-0.2, -0.15) is 0 Å². The smallest absolute Gasteiger partial charge is 0.351 e. The number of nitrogens with one attached hydrogen (secondary N) is 1. The molecule has 0 amide bonds. The Bertz CT molecular complexity index is 369. The van der Waals surface area contributed by atoms with E-state index in [0.717, 1.165) is 0 Å². The van der Waals surface area contributed by atoms with E-state index in [1.807, 2.05) is 0 Å². The first-order chi connectivity index (χ1) is 7.04. The van der Waals surface area contributed by atoms with Gasteiger partial charge in [0.2, 0.25) is 0 Å². The number of allylic oxidation sites excluding steroid dienone is 2. The Morgan fingerprint density at radius 2 is 2.07 bits per heavy atom. The largest absolute Gasteiger partial charge is 0.480 e. The van der Waals surface area contributed by atoms with Crippen molar-refractivity contribution in [3.8, 4) is 0 Å². The fourth-order valence-corrected chi connectivity index (χ4v) is 1.15. The summed E-state index contributed by atoms with van der Waals surface area (Å²) in [5, 5.41) is 19.8. The molecule has 1 heterocycles. The molecule has 1 unspecified atom stereocenters. The molecule has 0 spiro atoms. The maximum Gasteiger partial charge on any atom is 0.351 e. The van der Waals surface area contributed by atoms with Crippen molar-refractivity contribution in [3.05, 3.63) is 23.4 Å². The normalized spacial score (nSPS) is 20.4. The predicted molar refractivity (Wildman–Crippen MR) is 49.0 cm³/mol. The predicted octanol–water partition coefficient (Wildman–Crippen LogP) is -0.473. The van der Waals surface area contributed by atoms with Crippen LogP contribution in [-0.4, -0.2) is 34.5 Å². The third-order valence-corrected chi connectivity index (χ3v) is 1.91. The van der Waals surface area contributed by atoms with Gasteiger partial charge in [-0.05, 0) is 11.6 Å². The number of carbonyl (C=O) groups excluding carboxylic acids is 1. The molecule has 0 bridgehead atoms. The van der Waals surface area contributed by atoms with Gasteiger partial charge in [-0.15, -0.1) is 0 Å². The van der Waals surface area contributed by atoms with Crippen molar-refractivity contribution in [2.24, 2.45) is 0 Å². The minimum absolute atomic E-state index is 0.0356. The van der Waals surface area contributed by atoms with E-state index in [-0.39, 0.29) is 17.7 Å². The van der Waals surface area contributed by atoms with E-state index in [4.69, 9.17) is 10.2 Å².